The smallest absolute Gasteiger partial charge is 0.338 e. The van der Waals surface area contributed by atoms with Gasteiger partial charge in [0.2, 0.25) is 0 Å². The highest BCUT2D eigenvalue weighted by Crippen LogP contribution is 2.09. The number of rotatable bonds is 6. The largest absolute Gasteiger partial charge is 0.457 e. The molecule has 0 bridgehead atoms. The molecule has 0 aliphatic heterocycles. The van der Waals surface area contributed by atoms with E-state index in [2.05, 4.69) is 10.6 Å². The number of hydrogen-bond acceptors (Lipinski definition) is 4. The Bertz CT molecular complexity index is 791. The van der Waals surface area contributed by atoms with Gasteiger partial charge in [0, 0.05) is 12.6 Å². The zero-order valence-corrected chi connectivity index (χ0v) is 14.8. The third-order valence-corrected chi connectivity index (χ3v) is 3.52. The molecular weight excluding hydrogens is 330 g/mol. The molecule has 0 saturated heterocycles. The van der Waals surface area contributed by atoms with Crippen molar-refractivity contribution in [3.63, 3.8) is 0 Å². The van der Waals surface area contributed by atoms with E-state index in [1.165, 1.54) is 0 Å². The fourth-order valence-electron chi connectivity index (χ4n) is 2.16. The Balaban J connectivity index is 1.83. The first-order chi connectivity index (χ1) is 12.5. The number of amides is 2. The van der Waals surface area contributed by atoms with E-state index in [0.29, 0.717) is 17.7 Å². The van der Waals surface area contributed by atoms with Gasteiger partial charge in [-0.25, -0.2) is 9.59 Å². The maximum Gasteiger partial charge on any atom is 0.338 e. The van der Waals surface area contributed by atoms with Crippen LogP contribution in [-0.4, -0.2) is 18.0 Å². The lowest BCUT2D eigenvalue weighted by atomic mass is 10.1. The van der Waals surface area contributed by atoms with Crippen molar-refractivity contribution in [3.05, 3.63) is 70.8 Å². The average molecular weight is 351 g/mol. The number of nitrogens with one attached hydrogen (secondary N) is 2. The van der Waals surface area contributed by atoms with Gasteiger partial charge < -0.3 is 15.4 Å². The van der Waals surface area contributed by atoms with Crippen LogP contribution in [0.25, 0.3) is 0 Å². The van der Waals surface area contributed by atoms with Crippen LogP contribution in [-0.2, 0) is 17.9 Å². The minimum Gasteiger partial charge on any atom is -0.457 e. The lowest BCUT2D eigenvalue weighted by Crippen LogP contribution is -2.39. The van der Waals surface area contributed by atoms with Crippen molar-refractivity contribution in [1.29, 1.82) is 5.26 Å². The van der Waals surface area contributed by atoms with Crippen LogP contribution in [0.1, 0.15) is 40.9 Å². The highest BCUT2D eigenvalue weighted by Gasteiger charge is 2.08. The van der Waals surface area contributed by atoms with Gasteiger partial charge in [-0.1, -0.05) is 24.3 Å². The Morgan fingerprint density at radius 3 is 2.23 bits per heavy atom. The maximum absolute atomic E-state index is 12.1. The quantitative estimate of drug-likeness (QED) is 0.782. The summed E-state index contributed by atoms with van der Waals surface area (Å²) < 4.78 is 5.27. The Labute approximate surface area is 152 Å². The molecule has 134 valence electrons. The summed E-state index contributed by atoms with van der Waals surface area (Å²) >= 11 is 0. The van der Waals surface area contributed by atoms with Crippen molar-refractivity contribution < 1.29 is 14.3 Å². The van der Waals surface area contributed by atoms with Crippen LogP contribution < -0.4 is 10.6 Å². The predicted molar refractivity (Wildman–Crippen MR) is 97.2 cm³/mol. The maximum atomic E-state index is 12.1. The summed E-state index contributed by atoms with van der Waals surface area (Å²) in [5, 5.41) is 14.2. The number of nitriles is 1. The van der Waals surface area contributed by atoms with Gasteiger partial charge in [0.25, 0.3) is 0 Å². The van der Waals surface area contributed by atoms with Crippen LogP contribution in [0, 0.1) is 11.3 Å². The Kier molecular flexibility index (Phi) is 6.75. The van der Waals surface area contributed by atoms with Gasteiger partial charge in [0.1, 0.15) is 6.61 Å². The van der Waals surface area contributed by atoms with E-state index in [-0.39, 0.29) is 18.7 Å². The second kappa shape index (κ2) is 9.23. The van der Waals surface area contributed by atoms with Gasteiger partial charge in [-0.05, 0) is 49.2 Å². The second-order valence-electron chi connectivity index (χ2n) is 6.06. The Morgan fingerprint density at radius 1 is 1.04 bits per heavy atom. The first-order valence-corrected chi connectivity index (χ1v) is 8.27. The molecule has 0 spiro atoms. The summed E-state index contributed by atoms with van der Waals surface area (Å²) in [7, 11) is 0. The Hall–Kier alpha value is -3.33. The van der Waals surface area contributed by atoms with E-state index in [4.69, 9.17) is 10.00 Å². The molecule has 26 heavy (non-hydrogen) atoms. The second-order valence-corrected chi connectivity index (χ2v) is 6.06. The monoisotopic (exact) mass is 351 g/mol. The van der Waals surface area contributed by atoms with Crippen LogP contribution in [0.4, 0.5) is 4.79 Å². The molecule has 0 unspecified atom stereocenters. The van der Waals surface area contributed by atoms with Crippen LogP contribution in [0.2, 0.25) is 0 Å². The van der Waals surface area contributed by atoms with Gasteiger partial charge >= 0.3 is 12.0 Å². The molecule has 2 N–H and O–H groups in total. The first kappa shape index (κ1) is 19.0. The number of esters is 1. The SMILES string of the molecule is CC(C)NC(=O)NCc1ccc(C(=O)OCc2ccc(C#N)cc2)cc1. The van der Waals surface area contributed by atoms with Gasteiger partial charge in [-0.3, -0.25) is 0 Å². The van der Waals surface area contributed by atoms with Crippen molar-refractivity contribution in [1.82, 2.24) is 10.6 Å². The molecular formula is C20H21N3O3. The standard InChI is InChI=1S/C20H21N3O3/c1-14(2)23-20(25)22-12-16-7-9-18(10-8-16)19(24)26-13-17-5-3-15(11-21)4-6-17/h3-10,14H,12-13H2,1-2H3,(H2,22,23,25). The number of nitrogens with zero attached hydrogens (tertiary/aromatic N) is 1. The number of hydrogen-bond donors (Lipinski definition) is 2. The molecule has 2 aromatic rings. The summed E-state index contributed by atoms with van der Waals surface area (Å²) in [6.45, 7) is 4.29. The lowest BCUT2D eigenvalue weighted by molar-refractivity contribution is 0.0472. The molecule has 0 aromatic heterocycles. The molecule has 0 radical (unpaired) electrons. The summed E-state index contributed by atoms with van der Waals surface area (Å²) in [6.07, 6.45) is 0. The van der Waals surface area contributed by atoms with Crippen LogP contribution in [0.5, 0.6) is 0 Å². The van der Waals surface area contributed by atoms with Crippen molar-refractivity contribution in [3.8, 4) is 6.07 Å². The fraction of sp³-hybridized carbons (Fsp3) is 0.250. The third kappa shape index (κ3) is 5.95. The van der Waals surface area contributed by atoms with Gasteiger partial charge in [0.05, 0.1) is 17.2 Å². The number of carbonyl (C=O) groups is 2. The minimum absolute atomic E-state index is 0.0725. The summed E-state index contributed by atoms with van der Waals surface area (Å²) in [5.74, 6) is -0.425. The molecule has 0 heterocycles. The number of urea groups is 1. The van der Waals surface area contributed by atoms with Crippen LogP contribution >= 0.6 is 0 Å². The molecule has 0 fully saturated rings. The summed E-state index contributed by atoms with van der Waals surface area (Å²) in [6, 6.07) is 15.6. The molecule has 2 rings (SSSR count). The van der Waals surface area contributed by atoms with E-state index in [1.807, 2.05) is 19.9 Å². The lowest BCUT2D eigenvalue weighted by Gasteiger charge is -2.10. The van der Waals surface area contributed by atoms with Gasteiger partial charge in [-0.15, -0.1) is 0 Å². The highest BCUT2D eigenvalue weighted by molar-refractivity contribution is 5.89. The predicted octanol–water partition coefficient (Wildman–Crippen LogP) is 3.12. The van der Waals surface area contributed by atoms with E-state index >= 15 is 0 Å². The van der Waals surface area contributed by atoms with E-state index in [9.17, 15) is 9.59 Å². The number of benzene rings is 2. The first-order valence-electron chi connectivity index (χ1n) is 8.27. The van der Waals surface area contributed by atoms with E-state index in [1.54, 1.807) is 48.5 Å². The summed E-state index contributed by atoms with van der Waals surface area (Å²) in [5.41, 5.74) is 2.70. The molecule has 6 nitrogen and oxygen atoms in total. The van der Waals surface area contributed by atoms with E-state index in [0.717, 1.165) is 11.1 Å². The van der Waals surface area contributed by atoms with Crippen molar-refractivity contribution in [2.45, 2.75) is 33.0 Å². The third-order valence-electron chi connectivity index (χ3n) is 3.52. The van der Waals surface area contributed by atoms with Gasteiger partial charge in [0.15, 0.2) is 0 Å². The van der Waals surface area contributed by atoms with Crippen LogP contribution in [0.3, 0.4) is 0 Å². The summed E-state index contributed by atoms with van der Waals surface area (Å²) in [4.78, 5) is 23.6. The highest BCUT2D eigenvalue weighted by atomic mass is 16.5. The van der Waals surface area contributed by atoms with Gasteiger partial charge in [-0.2, -0.15) is 5.26 Å². The van der Waals surface area contributed by atoms with Crippen molar-refractivity contribution >= 4 is 12.0 Å². The number of ether oxygens (including phenoxy) is 1. The molecule has 0 aliphatic carbocycles. The molecule has 2 amide bonds. The minimum atomic E-state index is -0.425. The average Bonchev–Trinajstić information content (AvgIpc) is 2.64. The molecule has 0 atom stereocenters. The molecule has 2 aromatic carbocycles. The van der Waals surface area contributed by atoms with Crippen molar-refractivity contribution in [2.75, 3.05) is 0 Å². The zero-order valence-electron chi connectivity index (χ0n) is 14.8. The van der Waals surface area contributed by atoms with Crippen LogP contribution in [0.15, 0.2) is 48.5 Å². The zero-order chi connectivity index (χ0) is 18.9. The van der Waals surface area contributed by atoms with Crippen molar-refractivity contribution in [2.24, 2.45) is 0 Å². The molecule has 0 aliphatic rings. The normalized spacial score (nSPS) is 10.1. The van der Waals surface area contributed by atoms with E-state index < -0.39 is 5.97 Å². The topological polar surface area (TPSA) is 91.2 Å². The number of carbonyl (C=O) groups excluding carboxylic acids is 2. The fourth-order valence-corrected chi connectivity index (χ4v) is 2.16. The molecule has 6 heteroatoms. The Morgan fingerprint density at radius 2 is 1.65 bits per heavy atom. The molecule has 0 saturated carbocycles.